The fraction of sp³-hybridized carbons (Fsp3) is 0.0714. The molecular formula is C14H12N6O2. The van der Waals surface area contributed by atoms with Crippen LogP contribution in [0.2, 0.25) is 0 Å². The van der Waals surface area contributed by atoms with Gasteiger partial charge in [-0.2, -0.15) is 0 Å². The van der Waals surface area contributed by atoms with Crippen molar-refractivity contribution in [2.45, 2.75) is 6.92 Å². The van der Waals surface area contributed by atoms with Gasteiger partial charge in [0.25, 0.3) is 0 Å². The first-order valence-corrected chi connectivity index (χ1v) is 6.46. The summed E-state index contributed by atoms with van der Waals surface area (Å²) in [5.74, 6) is 0.291. The van der Waals surface area contributed by atoms with E-state index in [1.54, 1.807) is 6.20 Å². The van der Waals surface area contributed by atoms with E-state index in [1.165, 1.54) is 23.4 Å². The zero-order valence-electron chi connectivity index (χ0n) is 11.7. The summed E-state index contributed by atoms with van der Waals surface area (Å²) in [6.45, 7) is 1.97. The molecule has 3 aromatic rings. The summed E-state index contributed by atoms with van der Waals surface area (Å²) in [5.41, 5.74) is 1.60. The Kier molecular flexibility index (Phi) is 3.48. The minimum atomic E-state index is -0.508. The van der Waals surface area contributed by atoms with Crippen LogP contribution in [-0.4, -0.2) is 24.4 Å². The minimum Gasteiger partial charge on any atom is -0.334 e. The Morgan fingerprint density at radius 3 is 2.64 bits per heavy atom. The van der Waals surface area contributed by atoms with Gasteiger partial charge in [-0.05, 0) is 19.1 Å². The molecule has 3 rings (SSSR count). The highest BCUT2D eigenvalue weighted by atomic mass is 16.6. The second-order valence-corrected chi connectivity index (χ2v) is 4.61. The van der Waals surface area contributed by atoms with E-state index in [-0.39, 0.29) is 17.3 Å². The molecule has 0 aliphatic carbocycles. The van der Waals surface area contributed by atoms with Gasteiger partial charge in [0.1, 0.15) is 12.7 Å². The predicted molar refractivity (Wildman–Crippen MR) is 80.3 cm³/mol. The number of hydrogen-bond acceptors (Lipinski definition) is 6. The lowest BCUT2D eigenvalue weighted by atomic mass is 10.2. The van der Waals surface area contributed by atoms with E-state index < -0.39 is 4.92 Å². The fourth-order valence-electron chi connectivity index (χ4n) is 1.98. The second-order valence-electron chi connectivity index (χ2n) is 4.61. The molecule has 0 aliphatic heterocycles. The number of anilines is 2. The molecule has 110 valence electrons. The van der Waals surface area contributed by atoms with Gasteiger partial charge in [0, 0.05) is 18.1 Å². The van der Waals surface area contributed by atoms with Crippen LogP contribution in [0.15, 0.2) is 49.3 Å². The van der Waals surface area contributed by atoms with Gasteiger partial charge in [-0.15, -0.1) is 0 Å². The molecule has 8 nitrogen and oxygen atoms in total. The van der Waals surface area contributed by atoms with E-state index in [4.69, 9.17) is 0 Å². The molecular weight excluding hydrogens is 284 g/mol. The normalized spacial score (nSPS) is 10.4. The highest BCUT2D eigenvalue weighted by molar-refractivity contribution is 5.70. The summed E-state index contributed by atoms with van der Waals surface area (Å²) in [6.07, 6.45) is 5.84. The topological polar surface area (TPSA) is 98.8 Å². The molecule has 1 aromatic carbocycles. The van der Waals surface area contributed by atoms with Crippen LogP contribution in [0.4, 0.5) is 17.2 Å². The molecule has 2 aromatic heterocycles. The second kappa shape index (κ2) is 5.60. The molecule has 0 aliphatic rings. The molecule has 0 fully saturated rings. The van der Waals surface area contributed by atoms with Crippen molar-refractivity contribution in [3.05, 3.63) is 65.0 Å². The summed E-state index contributed by atoms with van der Waals surface area (Å²) in [6, 6.07) is 7.48. The molecule has 0 atom stereocenters. The van der Waals surface area contributed by atoms with Crippen LogP contribution in [0, 0.1) is 17.0 Å². The number of hydrogen-bond donors (Lipinski definition) is 1. The van der Waals surface area contributed by atoms with Crippen LogP contribution >= 0.6 is 0 Å². The van der Waals surface area contributed by atoms with Crippen molar-refractivity contribution < 1.29 is 4.92 Å². The quantitative estimate of drug-likeness (QED) is 0.587. The first kappa shape index (κ1) is 13.7. The van der Waals surface area contributed by atoms with E-state index in [2.05, 4.69) is 20.3 Å². The van der Waals surface area contributed by atoms with Gasteiger partial charge >= 0.3 is 5.69 Å². The minimum absolute atomic E-state index is 0.132. The highest BCUT2D eigenvalue weighted by Gasteiger charge is 2.24. The predicted octanol–water partition coefficient (Wildman–Crippen LogP) is 2.62. The Morgan fingerprint density at radius 2 is 2.00 bits per heavy atom. The van der Waals surface area contributed by atoms with Crippen molar-refractivity contribution in [3.63, 3.8) is 0 Å². The molecule has 0 radical (unpaired) electrons. The summed E-state index contributed by atoms with van der Waals surface area (Å²) in [4.78, 5) is 22.8. The lowest BCUT2D eigenvalue weighted by Crippen LogP contribution is -2.06. The Labute approximate surface area is 125 Å². The van der Waals surface area contributed by atoms with E-state index >= 15 is 0 Å². The molecule has 0 amide bonds. The van der Waals surface area contributed by atoms with Crippen molar-refractivity contribution in [2.75, 3.05) is 5.32 Å². The van der Waals surface area contributed by atoms with Crippen LogP contribution in [-0.2, 0) is 0 Å². The Bertz CT molecular complexity index is 799. The molecule has 8 heteroatoms. The van der Waals surface area contributed by atoms with E-state index in [1.807, 2.05) is 31.2 Å². The van der Waals surface area contributed by atoms with Crippen LogP contribution < -0.4 is 5.32 Å². The zero-order chi connectivity index (χ0) is 15.5. The number of nitro groups is 1. The van der Waals surface area contributed by atoms with E-state index in [9.17, 15) is 10.1 Å². The third-order valence-electron chi connectivity index (χ3n) is 3.05. The maximum atomic E-state index is 11.4. The summed E-state index contributed by atoms with van der Waals surface area (Å²) in [5, 5.41) is 14.4. The number of nitrogens with one attached hydrogen (secondary N) is 1. The summed E-state index contributed by atoms with van der Waals surface area (Å²) < 4.78 is 1.47. The molecule has 1 N–H and O–H groups in total. The summed E-state index contributed by atoms with van der Waals surface area (Å²) >= 11 is 0. The zero-order valence-corrected chi connectivity index (χ0v) is 11.7. The van der Waals surface area contributed by atoms with Crippen molar-refractivity contribution >= 4 is 17.2 Å². The molecule has 22 heavy (non-hydrogen) atoms. The smallest absolute Gasteiger partial charge is 0.334 e. The number of benzene rings is 1. The molecule has 0 saturated heterocycles. The molecule has 0 unspecified atom stereocenters. The molecule has 2 heterocycles. The van der Waals surface area contributed by atoms with Crippen molar-refractivity contribution in [2.24, 2.45) is 0 Å². The van der Waals surface area contributed by atoms with Gasteiger partial charge in [-0.3, -0.25) is 14.7 Å². The standard InChI is InChI=1S/C14H12N6O2/c1-10-2-4-11(5-3-10)18-13-12(20(21)22)14(17-8-16-13)19-7-6-15-9-19/h2-9H,1H3,(H,16,17,18). The monoisotopic (exact) mass is 296 g/mol. The Morgan fingerprint density at radius 1 is 1.23 bits per heavy atom. The maximum absolute atomic E-state index is 11.4. The molecule has 0 bridgehead atoms. The molecule has 0 saturated carbocycles. The van der Waals surface area contributed by atoms with Gasteiger partial charge in [0.15, 0.2) is 0 Å². The van der Waals surface area contributed by atoms with Gasteiger partial charge in [-0.25, -0.2) is 15.0 Å². The number of aromatic nitrogens is 4. The number of nitrogens with zero attached hydrogens (tertiary/aromatic N) is 5. The number of rotatable bonds is 4. The average Bonchev–Trinajstić information content (AvgIpc) is 3.03. The first-order chi connectivity index (χ1) is 10.6. The third-order valence-corrected chi connectivity index (χ3v) is 3.05. The largest absolute Gasteiger partial charge is 0.354 e. The third kappa shape index (κ3) is 2.62. The maximum Gasteiger partial charge on any atom is 0.354 e. The highest BCUT2D eigenvalue weighted by Crippen LogP contribution is 2.29. The van der Waals surface area contributed by atoms with Crippen molar-refractivity contribution in [1.29, 1.82) is 0 Å². The van der Waals surface area contributed by atoms with Gasteiger partial charge in [0.05, 0.1) is 4.92 Å². The molecule has 0 spiro atoms. The van der Waals surface area contributed by atoms with Gasteiger partial charge in [-0.1, -0.05) is 17.7 Å². The Hall–Kier alpha value is -3.29. The number of imidazole rings is 1. The van der Waals surface area contributed by atoms with Crippen molar-refractivity contribution in [3.8, 4) is 5.82 Å². The average molecular weight is 296 g/mol. The van der Waals surface area contributed by atoms with E-state index in [0.29, 0.717) is 5.69 Å². The van der Waals surface area contributed by atoms with E-state index in [0.717, 1.165) is 5.56 Å². The number of aryl methyl sites for hydroxylation is 1. The SMILES string of the molecule is Cc1ccc(Nc2ncnc(-n3ccnc3)c2[N+](=O)[O-])cc1. The van der Waals surface area contributed by atoms with Crippen LogP contribution in [0.1, 0.15) is 5.56 Å². The lowest BCUT2D eigenvalue weighted by molar-refractivity contribution is -0.384. The van der Waals surface area contributed by atoms with Crippen LogP contribution in [0.5, 0.6) is 0 Å². The summed E-state index contributed by atoms with van der Waals surface area (Å²) in [7, 11) is 0. The fourth-order valence-corrected chi connectivity index (χ4v) is 1.98. The van der Waals surface area contributed by atoms with Crippen LogP contribution in [0.25, 0.3) is 5.82 Å². The lowest BCUT2D eigenvalue weighted by Gasteiger charge is -2.09. The Balaban J connectivity index is 2.06. The van der Waals surface area contributed by atoms with Gasteiger partial charge in [0.2, 0.25) is 11.6 Å². The van der Waals surface area contributed by atoms with Gasteiger partial charge < -0.3 is 5.32 Å². The van der Waals surface area contributed by atoms with Crippen LogP contribution in [0.3, 0.4) is 0 Å². The first-order valence-electron chi connectivity index (χ1n) is 6.46. The van der Waals surface area contributed by atoms with Crippen molar-refractivity contribution in [1.82, 2.24) is 19.5 Å².